The summed E-state index contributed by atoms with van der Waals surface area (Å²) in [6, 6.07) is 4.07. The lowest BCUT2D eigenvalue weighted by Gasteiger charge is -2.05. The van der Waals surface area contributed by atoms with Gasteiger partial charge in [-0.3, -0.25) is 4.98 Å². The summed E-state index contributed by atoms with van der Waals surface area (Å²) in [4.78, 5) is 4.30. The molecule has 72 valence electrons. The fourth-order valence-electron chi connectivity index (χ4n) is 1.35. The molecule has 13 heavy (non-hydrogen) atoms. The molecule has 1 aromatic heterocycles. The minimum atomic E-state index is 0.659. The van der Waals surface area contributed by atoms with Gasteiger partial charge in [-0.05, 0) is 37.6 Å². The quantitative estimate of drug-likeness (QED) is 0.690. The Labute approximate surface area is 79.2 Å². The molecule has 0 atom stereocenters. The van der Waals surface area contributed by atoms with Gasteiger partial charge in [-0.25, -0.2) is 0 Å². The van der Waals surface area contributed by atoms with Gasteiger partial charge in [-0.2, -0.15) is 0 Å². The second-order valence-corrected chi connectivity index (χ2v) is 3.04. The molecule has 0 aromatic carbocycles. The first-order valence-corrected chi connectivity index (χ1v) is 4.71. The largest absolute Gasteiger partial charge is 0.330 e. The standard InChI is InChI=1S/C10H17N3/c11-6-1-3-9-4-2-8-13-10(9)5-7-12/h2,4,8H,1,3,5-7,11-12H2. The number of aromatic nitrogens is 1. The predicted octanol–water partition coefficient (Wildman–Crippen LogP) is 0.474. The molecule has 0 amide bonds. The molecule has 3 nitrogen and oxygen atoms in total. The molecule has 0 saturated carbocycles. The van der Waals surface area contributed by atoms with E-state index in [0.29, 0.717) is 6.54 Å². The van der Waals surface area contributed by atoms with Gasteiger partial charge in [0, 0.05) is 18.3 Å². The molecule has 0 saturated heterocycles. The Morgan fingerprint density at radius 1 is 1.15 bits per heavy atom. The van der Waals surface area contributed by atoms with Gasteiger partial charge in [0.25, 0.3) is 0 Å². The van der Waals surface area contributed by atoms with Crippen LogP contribution in [-0.4, -0.2) is 18.1 Å². The maximum absolute atomic E-state index is 5.49. The summed E-state index contributed by atoms with van der Waals surface area (Å²) in [5, 5.41) is 0. The zero-order chi connectivity index (χ0) is 9.52. The maximum atomic E-state index is 5.49. The van der Waals surface area contributed by atoms with Gasteiger partial charge >= 0.3 is 0 Å². The van der Waals surface area contributed by atoms with Crippen molar-refractivity contribution in [1.82, 2.24) is 4.98 Å². The van der Waals surface area contributed by atoms with Gasteiger partial charge in [0.15, 0.2) is 0 Å². The Balaban J connectivity index is 2.66. The first kappa shape index (κ1) is 10.2. The number of nitrogens with zero attached hydrogens (tertiary/aromatic N) is 1. The lowest BCUT2D eigenvalue weighted by atomic mass is 10.1. The van der Waals surface area contributed by atoms with Crippen LogP contribution in [0.3, 0.4) is 0 Å². The van der Waals surface area contributed by atoms with E-state index >= 15 is 0 Å². The van der Waals surface area contributed by atoms with Crippen molar-refractivity contribution in [2.45, 2.75) is 19.3 Å². The summed E-state index contributed by atoms with van der Waals surface area (Å²) in [5.74, 6) is 0. The molecular formula is C10H17N3. The van der Waals surface area contributed by atoms with E-state index in [1.807, 2.05) is 12.3 Å². The Morgan fingerprint density at radius 3 is 2.69 bits per heavy atom. The third kappa shape index (κ3) is 3.13. The first-order chi connectivity index (χ1) is 6.38. The monoisotopic (exact) mass is 179 g/mol. The third-order valence-corrected chi connectivity index (χ3v) is 2.02. The van der Waals surface area contributed by atoms with E-state index in [-0.39, 0.29) is 0 Å². The van der Waals surface area contributed by atoms with Gasteiger partial charge in [-0.1, -0.05) is 6.07 Å². The maximum Gasteiger partial charge on any atom is 0.0448 e. The van der Waals surface area contributed by atoms with E-state index < -0.39 is 0 Å². The molecule has 3 heteroatoms. The molecule has 1 rings (SSSR count). The average Bonchev–Trinajstić information content (AvgIpc) is 2.17. The van der Waals surface area contributed by atoms with E-state index in [1.165, 1.54) is 5.56 Å². The molecule has 0 bridgehead atoms. The van der Waals surface area contributed by atoms with Gasteiger partial charge in [0.05, 0.1) is 0 Å². The molecular weight excluding hydrogens is 162 g/mol. The summed E-state index contributed by atoms with van der Waals surface area (Å²) in [7, 11) is 0. The Hall–Kier alpha value is -0.930. The third-order valence-electron chi connectivity index (χ3n) is 2.02. The van der Waals surface area contributed by atoms with Gasteiger partial charge in [0.2, 0.25) is 0 Å². The summed E-state index contributed by atoms with van der Waals surface area (Å²) < 4.78 is 0. The SMILES string of the molecule is NCCCc1cccnc1CCN. The van der Waals surface area contributed by atoms with Crippen molar-refractivity contribution in [1.29, 1.82) is 0 Å². The topological polar surface area (TPSA) is 64.9 Å². The highest BCUT2D eigenvalue weighted by Crippen LogP contribution is 2.07. The summed E-state index contributed by atoms with van der Waals surface area (Å²) in [5.41, 5.74) is 13.4. The Morgan fingerprint density at radius 2 is 2.00 bits per heavy atom. The van der Waals surface area contributed by atoms with Crippen LogP contribution in [0.1, 0.15) is 17.7 Å². The number of pyridine rings is 1. The normalized spacial score (nSPS) is 10.3. The molecule has 1 aromatic rings. The van der Waals surface area contributed by atoms with Crippen molar-refractivity contribution in [2.24, 2.45) is 11.5 Å². The van der Waals surface area contributed by atoms with Crippen molar-refractivity contribution < 1.29 is 0 Å². The van der Waals surface area contributed by atoms with E-state index in [9.17, 15) is 0 Å². The summed E-state index contributed by atoms with van der Waals surface area (Å²) in [6.45, 7) is 1.39. The predicted molar refractivity (Wildman–Crippen MR) is 54.4 cm³/mol. The van der Waals surface area contributed by atoms with E-state index in [2.05, 4.69) is 11.1 Å². The fraction of sp³-hybridized carbons (Fsp3) is 0.500. The van der Waals surface area contributed by atoms with Crippen LogP contribution in [0.2, 0.25) is 0 Å². The number of hydrogen-bond donors (Lipinski definition) is 2. The molecule has 4 N–H and O–H groups in total. The highest BCUT2D eigenvalue weighted by Gasteiger charge is 2.00. The number of aryl methyl sites for hydroxylation is 1. The van der Waals surface area contributed by atoms with E-state index in [4.69, 9.17) is 11.5 Å². The first-order valence-electron chi connectivity index (χ1n) is 4.71. The fourth-order valence-corrected chi connectivity index (χ4v) is 1.35. The number of nitrogens with two attached hydrogens (primary N) is 2. The number of rotatable bonds is 5. The second kappa shape index (κ2) is 5.67. The highest BCUT2D eigenvalue weighted by molar-refractivity contribution is 5.20. The molecule has 0 radical (unpaired) electrons. The number of hydrogen-bond acceptors (Lipinski definition) is 3. The minimum Gasteiger partial charge on any atom is -0.330 e. The van der Waals surface area contributed by atoms with Crippen molar-refractivity contribution in [3.8, 4) is 0 Å². The van der Waals surface area contributed by atoms with Crippen LogP contribution in [0, 0.1) is 0 Å². The van der Waals surface area contributed by atoms with Crippen LogP contribution in [0.5, 0.6) is 0 Å². The van der Waals surface area contributed by atoms with Crippen LogP contribution in [-0.2, 0) is 12.8 Å². The molecule has 0 aliphatic heterocycles. The molecule has 0 aliphatic carbocycles. The van der Waals surface area contributed by atoms with E-state index in [1.54, 1.807) is 0 Å². The molecule has 0 fully saturated rings. The average molecular weight is 179 g/mol. The Bertz CT molecular complexity index is 248. The Kier molecular flexibility index (Phi) is 4.43. The summed E-state index contributed by atoms with van der Waals surface area (Å²) in [6.07, 6.45) is 4.71. The molecule has 1 heterocycles. The second-order valence-electron chi connectivity index (χ2n) is 3.04. The van der Waals surface area contributed by atoms with E-state index in [0.717, 1.165) is 31.5 Å². The van der Waals surface area contributed by atoms with Crippen LogP contribution >= 0.6 is 0 Å². The lowest BCUT2D eigenvalue weighted by molar-refractivity contribution is 0.803. The van der Waals surface area contributed by atoms with Crippen LogP contribution < -0.4 is 11.5 Å². The van der Waals surface area contributed by atoms with Crippen LogP contribution in [0.25, 0.3) is 0 Å². The minimum absolute atomic E-state index is 0.659. The molecule has 0 aliphatic rings. The van der Waals surface area contributed by atoms with Gasteiger partial charge in [0.1, 0.15) is 0 Å². The van der Waals surface area contributed by atoms with Crippen molar-refractivity contribution in [2.75, 3.05) is 13.1 Å². The van der Waals surface area contributed by atoms with Crippen molar-refractivity contribution in [3.63, 3.8) is 0 Å². The van der Waals surface area contributed by atoms with Gasteiger partial charge in [-0.15, -0.1) is 0 Å². The molecule has 0 unspecified atom stereocenters. The van der Waals surface area contributed by atoms with Crippen molar-refractivity contribution in [3.05, 3.63) is 29.6 Å². The van der Waals surface area contributed by atoms with Crippen LogP contribution in [0.15, 0.2) is 18.3 Å². The zero-order valence-electron chi connectivity index (χ0n) is 7.87. The smallest absolute Gasteiger partial charge is 0.0448 e. The van der Waals surface area contributed by atoms with Crippen LogP contribution in [0.4, 0.5) is 0 Å². The summed E-state index contributed by atoms with van der Waals surface area (Å²) >= 11 is 0. The van der Waals surface area contributed by atoms with Gasteiger partial charge < -0.3 is 11.5 Å². The molecule has 0 spiro atoms. The highest BCUT2D eigenvalue weighted by atomic mass is 14.7. The lowest BCUT2D eigenvalue weighted by Crippen LogP contribution is -2.08. The zero-order valence-corrected chi connectivity index (χ0v) is 7.87. The van der Waals surface area contributed by atoms with Crippen molar-refractivity contribution >= 4 is 0 Å².